The molecule has 1 fully saturated rings. The predicted octanol–water partition coefficient (Wildman–Crippen LogP) is -0.338. The van der Waals surface area contributed by atoms with Crippen molar-refractivity contribution in [2.45, 2.75) is 25.7 Å². The molecule has 0 atom stereocenters. The van der Waals surface area contributed by atoms with Crippen LogP contribution in [0.3, 0.4) is 0 Å². The molecule has 0 saturated heterocycles. The highest BCUT2D eigenvalue weighted by atomic mass is 16.4. The van der Waals surface area contributed by atoms with Gasteiger partial charge in [-0.15, -0.1) is 0 Å². The lowest BCUT2D eigenvalue weighted by Crippen LogP contribution is -2.41. The largest absolute Gasteiger partial charge is 0.481 e. The summed E-state index contributed by atoms with van der Waals surface area (Å²) in [6, 6.07) is -0.858. The topological polar surface area (TPSA) is 122 Å². The molecule has 0 bridgehead atoms. The zero-order valence-electron chi connectivity index (χ0n) is 10.1. The van der Waals surface area contributed by atoms with Gasteiger partial charge in [-0.25, -0.2) is 4.79 Å². The molecule has 0 aromatic carbocycles. The second-order valence-electron chi connectivity index (χ2n) is 4.60. The Balaban J connectivity index is 2.13. The van der Waals surface area contributed by atoms with Gasteiger partial charge < -0.3 is 16.2 Å². The Hall–Kier alpha value is -1.63. The summed E-state index contributed by atoms with van der Waals surface area (Å²) in [6.45, 7) is 0.695. The van der Waals surface area contributed by atoms with Gasteiger partial charge in [0.25, 0.3) is 0 Å². The maximum Gasteiger partial charge on any atom is 0.318 e. The Bertz CT molecular complexity index is 324. The molecule has 0 unspecified atom stereocenters. The Morgan fingerprint density at radius 2 is 1.78 bits per heavy atom. The van der Waals surface area contributed by atoms with E-state index in [0.29, 0.717) is 25.3 Å². The Morgan fingerprint density at radius 3 is 2.28 bits per heavy atom. The van der Waals surface area contributed by atoms with E-state index < -0.39 is 17.9 Å². The molecular formula is C11H19N3O4. The van der Waals surface area contributed by atoms with E-state index in [1.165, 1.54) is 0 Å². The number of aliphatic carboxylic acids is 1. The summed E-state index contributed by atoms with van der Waals surface area (Å²) in [7, 11) is 0. The first kappa shape index (κ1) is 14.4. The number of carbonyl (C=O) groups is 3. The van der Waals surface area contributed by atoms with Gasteiger partial charge in [0.1, 0.15) is 0 Å². The monoisotopic (exact) mass is 257 g/mol. The summed E-state index contributed by atoms with van der Waals surface area (Å²) in [5.74, 6) is -1.01. The molecule has 5 N–H and O–H groups in total. The highest BCUT2D eigenvalue weighted by Gasteiger charge is 2.25. The number of primary amides is 1. The minimum Gasteiger partial charge on any atom is -0.481 e. The van der Waals surface area contributed by atoms with Crippen molar-refractivity contribution in [3.8, 4) is 0 Å². The number of nitrogens with two attached hydrogens (primary N) is 1. The first-order valence-electron chi connectivity index (χ1n) is 6.02. The number of hydrogen-bond donors (Lipinski definition) is 4. The van der Waals surface area contributed by atoms with E-state index in [1.54, 1.807) is 0 Å². The SMILES string of the molecule is NC(=O)NC(=O)CNCC1CCC(C(=O)O)CC1. The second kappa shape index (κ2) is 6.95. The van der Waals surface area contributed by atoms with Crippen LogP contribution in [-0.4, -0.2) is 36.1 Å². The lowest BCUT2D eigenvalue weighted by atomic mass is 9.82. The summed E-state index contributed by atoms with van der Waals surface area (Å²) in [5, 5.41) is 13.7. The highest BCUT2D eigenvalue weighted by Crippen LogP contribution is 2.28. The number of carbonyl (C=O) groups excluding carboxylic acids is 2. The average Bonchev–Trinajstić information content (AvgIpc) is 2.28. The molecule has 0 radical (unpaired) electrons. The standard InChI is InChI=1S/C11H19N3O4/c12-11(18)14-9(15)6-13-5-7-1-3-8(4-2-7)10(16)17/h7-8,13H,1-6H2,(H,16,17)(H3,12,14,15,18). The lowest BCUT2D eigenvalue weighted by molar-refractivity contribution is -0.143. The fourth-order valence-electron chi connectivity index (χ4n) is 2.18. The number of nitrogens with one attached hydrogen (secondary N) is 2. The van der Waals surface area contributed by atoms with E-state index in [-0.39, 0.29) is 12.5 Å². The molecule has 1 aliphatic rings. The Morgan fingerprint density at radius 1 is 1.17 bits per heavy atom. The van der Waals surface area contributed by atoms with Crippen LogP contribution in [0.15, 0.2) is 0 Å². The molecule has 0 heterocycles. The van der Waals surface area contributed by atoms with Crippen LogP contribution < -0.4 is 16.4 Å². The quantitative estimate of drug-likeness (QED) is 0.537. The number of imide groups is 1. The third-order valence-corrected chi connectivity index (χ3v) is 3.18. The number of amides is 3. The summed E-state index contributed by atoms with van der Waals surface area (Å²) < 4.78 is 0. The van der Waals surface area contributed by atoms with Crippen molar-refractivity contribution in [1.29, 1.82) is 0 Å². The number of carboxylic acids is 1. The zero-order chi connectivity index (χ0) is 13.5. The van der Waals surface area contributed by atoms with Crippen molar-refractivity contribution in [1.82, 2.24) is 10.6 Å². The number of urea groups is 1. The van der Waals surface area contributed by atoms with Crippen LogP contribution in [0.4, 0.5) is 4.79 Å². The zero-order valence-corrected chi connectivity index (χ0v) is 10.1. The van der Waals surface area contributed by atoms with Crippen molar-refractivity contribution in [3.63, 3.8) is 0 Å². The van der Waals surface area contributed by atoms with Crippen molar-refractivity contribution in [2.24, 2.45) is 17.6 Å². The summed E-state index contributed by atoms with van der Waals surface area (Å²) >= 11 is 0. The molecular weight excluding hydrogens is 238 g/mol. The molecule has 0 aromatic rings. The van der Waals surface area contributed by atoms with Crippen LogP contribution in [0.25, 0.3) is 0 Å². The van der Waals surface area contributed by atoms with Gasteiger partial charge in [0, 0.05) is 0 Å². The van der Waals surface area contributed by atoms with Gasteiger partial charge >= 0.3 is 12.0 Å². The van der Waals surface area contributed by atoms with E-state index in [9.17, 15) is 14.4 Å². The number of rotatable bonds is 5. The minimum atomic E-state index is -0.858. The van der Waals surface area contributed by atoms with E-state index in [0.717, 1.165) is 12.8 Å². The number of hydrogen-bond acceptors (Lipinski definition) is 4. The van der Waals surface area contributed by atoms with Crippen LogP contribution in [0.2, 0.25) is 0 Å². The summed E-state index contributed by atoms with van der Waals surface area (Å²) in [4.78, 5) is 32.2. The van der Waals surface area contributed by atoms with Crippen LogP contribution in [0, 0.1) is 11.8 Å². The van der Waals surface area contributed by atoms with Crippen molar-refractivity contribution < 1.29 is 19.5 Å². The Labute approximate surface area is 105 Å². The Kier molecular flexibility index (Phi) is 5.57. The molecule has 7 heteroatoms. The van der Waals surface area contributed by atoms with Gasteiger partial charge in [-0.1, -0.05) is 0 Å². The van der Waals surface area contributed by atoms with Crippen molar-refractivity contribution in [3.05, 3.63) is 0 Å². The minimum absolute atomic E-state index is 0.0435. The third-order valence-electron chi connectivity index (χ3n) is 3.18. The molecule has 3 amide bonds. The van der Waals surface area contributed by atoms with Crippen molar-refractivity contribution in [2.75, 3.05) is 13.1 Å². The third kappa shape index (κ3) is 5.13. The molecule has 1 aliphatic carbocycles. The molecule has 7 nitrogen and oxygen atoms in total. The maximum absolute atomic E-state index is 11.1. The smallest absolute Gasteiger partial charge is 0.318 e. The number of carboxylic acid groups (broad SMARTS) is 1. The molecule has 0 aromatic heterocycles. The maximum atomic E-state index is 11.1. The normalized spacial score (nSPS) is 23.3. The fraction of sp³-hybridized carbons (Fsp3) is 0.727. The van der Waals surface area contributed by atoms with Crippen molar-refractivity contribution >= 4 is 17.9 Å². The van der Waals surface area contributed by atoms with E-state index in [2.05, 4.69) is 5.32 Å². The average molecular weight is 257 g/mol. The molecule has 0 spiro atoms. The molecule has 18 heavy (non-hydrogen) atoms. The van der Waals surface area contributed by atoms with Crippen LogP contribution in [0.5, 0.6) is 0 Å². The predicted molar refractivity (Wildman–Crippen MR) is 63.7 cm³/mol. The van der Waals surface area contributed by atoms with E-state index in [1.807, 2.05) is 5.32 Å². The molecule has 0 aliphatic heterocycles. The highest BCUT2D eigenvalue weighted by molar-refractivity contribution is 5.94. The van der Waals surface area contributed by atoms with Gasteiger partial charge in [0.05, 0.1) is 12.5 Å². The summed E-state index contributed by atoms with van der Waals surface area (Å²) in [5.41, 5.74) is 4.80. The second-order valence-corrected chi connectivity index (χ2v) is 4.60. The molecule has 1 saturated carbocycles. The fourth-order valence-corrected chi connectivity index (χ4v) is 2.18. The van der Waals surface area contributed by atoms with Crippen LogP contribution in [-0.2, 0) is 9.59 Å². The van der Waals surface area contributed by atoms with Crippen LogP contribution >= 0.6 is 0 Å². The van der Waals surface area contributed by atoms with Gasteiger partial charge in [-0.05, 0) is 38.1 Å². The van der Waals surface area contributed by atoms with Gasteiger partial charge in [-0.3, -0.25) is 14.9 Å². The lowest BCUT2D eigenvalue weighted by Gasteiger charge is -2.26. The van der Waals surface area contributed by atoms with Crippen LogP contribution in [0.1, 0.15) is 25.7 Å². The molecule has 102 valence electrons. The molecule has 1 rings (SSSR count). The first-order chi connectivity index (χ1) is 8.49. The van der Waals surface area contributed by atoms with E-state index >= 15 is 0 Å². The van der Waals surface area contributed by atoms with Gasteiger partial charge in [0.2, 0.25) is 5.91 Å². The summed E-state index contributed by atoms with van der Waals surface area (Å²) in [6.07, 6.45) is 3.08. The first-order valence-corrected chi connectivity index (χ1v) is 6.02. The van der Waals surface area contributed by atoms with Gasteiger partial charge in [-0.2, -0.15) is 0 Å². The van der Waals surface area contributed by atoms with E-state index in [4.69, 9.17) is 10.8 Å². The van der Waals surface area contributed by atoms with Gasteiger partial charge in [0.15, 0.2) is 0 Å².